The van der Waals surface area contributed by atoms with E-state index in [0.29, 0.717) is 25.4 Å². The average Bonchev–Trinajstić information content (AvgIpc) is 2.93. The minimum absolute atomic E-state index is 0.0550. The summed E-state index contributed by atoms with van der Waals surface area (Å²) >= 11 is 0. The lowest BCUT2D eigenvalue weighted by Gasteiger charge is -2.35. The Morgan fingerprint density at radius 1 is 1.12 bits per heavy atom. The van der Waals surface area contributed by atoms with Gasteiger partial charge in [-0.25, -0.2) is 13.2 Å². The van der Waals surface area contributed by atoms with E-state index < -0.39 is 10.0 Å². The third-order valence-electron chi connectivity index (χ3n) is 4.98. The van der Waals surface area contributed by atoms with E-state index in [-0.39, 0.29) is 22.9 Å². The molecule has 1 aromatic carbocycles. The van der Waals surface area contributed by atoms with Crippen LogP contribution in [-0.4, -0.2) is 75.4 Å². The zero-order chi connectivity index (χ0) is 18.2. The first-order chi connectivity index (χ1) is 11.8. The van der Waals surface area contributed by atoms with Gasteiger partial charge in [-0.2, -0.15) is 4.31 Å². The zero-order valence-corrected chi connectivity index (χ0v) is 15.7. The fourth-order valence-corrected chi connectivity index (χ4v) is 5.38. The minimum atomic E-state index is -3.58. The molecule has 3 fully saturated rings. The molecule has 0 aliphatic carbocycles. The predicted octanol–water partition coefficient (Wildman–Crippen LogP) is 1.46. The molecule has 25 heavy (non-hydrogen) atoms. The molecule has 0 N–H and O–H groups in total. The first-order valence-electron chi connectivity index (χ1n) is 8.45. The number of fused-ring (bicyclic) bond motifs is 4. The molecular formula is C17H25N3O4S. The van der Waals surface area contributed by atoms with Crippen molar-refractivity contribution in [1.29, 1.82) is 0 Å². The van der Waals surface area contributed by atoms with Crippen molar-refractivity contribution >= 4 is 16.1 Å². The lowest BCUT2D eigenvalue weighted by Crippen LogP contribution is -2.48. The van der Waals surface area contributed by atoms with Crippen LogP contribution in [0.4, 0.5) is 4.79 Å². The molecule has 2 atom stereocenters. The highest BCUT2D eigenvalue weighted by atomic mass is 32.2. The third-order valence-corrected chi connectivity index (χ3v) is 6.91. The van der Waals surface area contributed by atoms with Crippen LogP contribution >= 0.6 is 0 Å². The molecule has 0 aromatic heterocycles. The third kappa shape index (κ3) is 3.46. The Balaban J connectivity index is 1.86. The number of nitrogens with zero attached hydrogens (tertiary/aromatic N) is 3. The standard InChI is InChI=1S/C17H25N3O4S/c1-18(2)17(21)19-10-13-4-5-14(12-19)20(11-13)25(22,23)16-8-6-15(24-3)7-9-16/h6-9,13-14H,4-5,10-12H2,1-3H3/t13-,14+/m0/s1. The quantitative estimate of drug-likeness (QED) is 0.811. The van der Waals surface area contributed by atoms with Gasteiger partial charge in [0.1, 0.15) is 5.75 Å². The van der Waals surface area contributed by atoms with Crippen LogP contribution in [0.15, 0.2) is 29.2 Å². The summed E-state index contributed by atoms with van der Waals surface area (Å²) < 4.78 is 32.9. The number of hydrogen-bond donors (Lipinski definition) is 0. The molecule has 4 rings (SSSR count). The minimum Gasteiger partial charge on any atom is -0.497 e. The highest BCUT2D eigenvalue weighted by molar-refractivity contribution is 7.89. The number of carbonyl (C=O) groups is 1. The average molecular weight is 367 g/mol. The van der Waals surface area contributed by atoms with E-state index in [1.807, 2.05) is 0 Å². The van der Waals surface area contributed by atoms with Gasteiger partial charge in [-0.3, -0.25) is 0 Å². The number of urea groups is 1. The Labute approximate surface area is 149 Å². The van der Waals surface area contributed by atoms with Gasteiger partial charge in [0.05, 0.1) is 12.0 Å². The van der Waals surface area contributed by atoms with Gasteiger partial charge >= 0.3 is 6.03 Å². The second-order valence-corrected chi connectivity index (χ2v) is 8.82. The van der Waals surface area contributed by atoms with Crippen molar-refractivity contribution < 1.29 is 17.9 Å². The summed E-state index contributed by atoms with van der Waals surface area (Å²) in [7, 11) is 1.41. The summed E-state index contributed by atoms with van der Waals surface area (Å²) in [6, 6.07) is 6.25. The normalized spacial score (nSPS) is 24.0. The van der Waals surface area contributed by atoms with Gasteiger partial charge in [0.25, 0.3) is 0 Å². The van der Waals surface area contributed by atoms with E-state index in [4.69, 9.17) is 4.74 Å². The lowest BCUT2D eigenvalue weighted by molar-refractivity contribution is 0.167. The number of methoxy groups -OCH3 is 1. The largest absolute Gasteiger partial charge is 0.497 e. The number of piperidine rings is 1. The number of rotatable bonds is 3. The molecule has 0 radical (unpaired) electrons. The molecule has 3 aliphatic rings. The molecule has 0 spiro atoms. The molecule has 8 heteroatoms. The molecule has 3 heterocycles. The van der Waals surface area contributed by atoms with Crippen molar-refractivity contribution in [1.82, 2.24) is 14.1 Å². The Morgan fingerprint density at radius 3 is 2.40 bits per heavy atom. The van der Waals surface area contributed by atoms with Gasteiger partial charge in [0, 0.05) is 39.8 Å². The van der Waals surface area contributed by atoms with Crippen LogP contribution in [0.1, 0.15) is 12.8 Å². The van der Waals surface area contributed by atoms with Crippen molar-refractivity contribution in [3.8, 4) is 5.75 Å². The summed E-state index contributed by atoms with van der Waals surface area (Å²) in [5, 5.41) is 0. The molecule has 3 saturated heterocycles. The van der Waals surface area contributed by atoms with Crippen molar-refractivity contribution in [2.24, 2.45) is 5.92 Å². The second-order valence-electron chi connectivity index (χ2n) is 6.93. The summed E-state index contributed by atoms with van der Waals surface area (Å²) in [4.78, 5) is 15.9. The topological polar surface area (TPSA) is 70.2 Å². The number of carbonyl (C=O) groups excluding carboxylic acids is 1. The Bertz CT molecular complexity index is 733. The van der Waals surface area contributed by atoms with E-state index in [1.165, 1.54) is 0 Å². The molecule has 138 valence electrons. The van der Waals surface area contributed by atoms with E-state index in [1.54, 1.807) is 59.6 Å². The van der Waals surface area contributed by atoms with Gasteiger partial charge in [0.2, 0.25) is 10.0 Å². The van der Waals surface area contributed by atoms with Crippen LogP contribution in [0, 0.1) is 5.92 Å². The van der Waals surface area contributed by atoms with Crippen molar-refractivity contribution in [2.75, 3.05) is 40.8 Å². The van der Waals surface area contributed by atoms with E-state index in [2.05, 4.69) is 0 Å². The maximum absolute atomic E-state index is 13.1. The van der Waals surface area contributed by atoms with Gasteiger partial charge in [-0.1, -0.05) is 0 Å². The first-order valence-corrected chi connectivity index (χ1v) is 9.89. The number of hydrogen-bond acceptors (Lipinski definition) is 4. The lowest BCUT2D eigenvalue weighted by atomic mass is 9.97. The van der Waals surface area contributed by atoms with Gasteiger partial charge in [0.15, 0.2) is 0 Å². The summed E-state index contributed by atoms with van der Waals surface area (Å²) in [6.45, 7) is 1.53. The number of amides is 2. The van der Waals surface area contributed by atoms with Crippen LogP contribution < -0.4 is 4.74 Å². The number of sulfonamides is 1. The summed E-state index contributed by atoms with van der Waals surface area (Å²) in [6.07, 6.45) is 1.74. The van der Waals surface area contributed by atoms with Gasteiger partial charge in [-0.05, 0) is 43.0 Å². The molecule has 2 bridgehead atoms. The molecule has 1 aromatic rings. The predicted molar refractivity (Wildman–Crippen MR) is 94.1 cm³/mol. The summed E-state index contributed by atoms with van der Waals surface area (Å²) in [5.74, 6) is 0.801. The SMILES string of the molecule is COc1ccc(S(=O)(=O)N2C[C@H]3CC[C@@H]2CN(C(=O)N(C)C)C3)cc1. The van der Waals surface area contributed by atoms with Crippen LogP contribution in [0.3, 0.4) is 0 Å². The van der Waals surface area contributed by atoms with Crippen LogP contribution in [0.5, 0.6) is 5.75 Å². The Hall–Kier alpha value is -1.80. The van der Waals surface area contributed by atoms with E-state index >= 15 is 0 Å². The smallest absolute Gasteiger partial charge is 0.319 e. The highest BCUT2D eigenvalue weighted by Crippen LogP contribution is 2.33. The monoisotopic (exact) mass is 367 g/mol. The Kier molecular flexibility index (Phi) is 4.92. The van der Waals surface area contributed by atoms with Crippen molar-refractivity contribution in [2.45, 2.75) is 23.8 Å². The second kappa shape index (κ2) is 6.84. The first kappa shape index (κ1) is 18.0. The van der Waals surface area contributed by atoms with Gasteiger partial charge in [-0.15, -0.1) is 0 Å². The molecular weight excluding hydrogens is 342 g/mol. The zero-order valence-electron chi connectivity index (χ0n) is 14.9. The highest BCUT2D eigenvalue weighted by Gasteiger charge is 2.42. The van der Waals surface area contributed by atoms with Crippen LogP contribution in [0.25, 0.3) is 0 Å². The van der Waals surface area contributed by atoms with E-state index in [9.17, 15) is 13.2 Å². The van der Waals surface area contributed by atoms with E-state index in [0.717, 1.165) is 12.8 Å². The molecule has 0 saturated carbocycles. The molecule has 3 aliphatic heterocycles. The number of ether oxygens (including phenoxy) is 1. The molecule has 7 nitrogen and oxygen atoms in total. The Morgan fingerprint density at radius 2 is 1.80 bits per heavy atom. The molecule has 0 unspecified atom stereocenters. The van der Waals surface area contributed by atoms with Crippen molar-refractivity contribution in [3.63, 3.8) is 0 Å². The maximum Gasteiger partial charge on any atom is 0.319 e. The maximum atomic E-state index is 13.1. The van der Waals surface area contributed by atoms with Crippen molar-refractivity contribution in [3.05, 3.63) is 24.3 Å². The fourth-order valence-electron chi connectivity index (χ4n) is 3.66. The van der Waals surface area contributed by atoms with Gasteiger partial charge < -0.3 is 14.5 Å². The van der Waals surface area contributed by atoms with Crippen LogP contribution in [0.2, 0.25) is 0 Å². The molecule has 2 amide bonds. The summed E-state index contributed by atoms with van der Waals surface area (Å²) in [5.41, 5.74) is 0. The fraction of sp³-hybridized carbons (Fsp3) is 0.588. The number of benzene rings is 1. The van der Waals surface area contributed by atoms with Crippen LogP contribution in [-0.2, 0) is 10.0 Å².